The summed E-state index contributed by atoms with van der Waals surface area (Å²) < 4.78 is 43.5. The molecule has 29 heavy (non-hydrogen) atoms. The van der Waals surface area contributed by atoms with Crippen molar-refractivity contribution in [3.8, 4) is 0 Å². The predicted molar refractivity (Wildman–Crippen MR) is 101 cm³/mol. The number of carboxylic acids is 1. The van der Waals surface area contributed by atoms with Crippen LogP contribution in [-0.4, -0.2) is 25.7 Å². The van der Waals surface area contributed by atoms with Crippen LogP contribution in [0.2, 0.25) is 0 Å². The van der Waals surface area contributed by atoms with E-state index in [1.807, 2.05) is 20.8 Å². The minimum Gasteiger partial charge on any atom is -0.476 e. The molecule has 1 aromatic heterocycles. The first-order valence-electron chi connectivity index (χ1n) is 9.50. The number of aliphatic hydroxyl groups is 1. The van der Waals surface area contributed by atoms with Crippen molar-refractivity contribution in [2.24, 2.45) is 5.92 Å². The Kier molecular flexibility index (Phi) is 5.28. The van der Waals surface area contributed by atoms with E-state index in [1.165, 1.54) is 22.8 Å². The van der Waals surface area contributed by atoms with E-state index < -0.39 is 29.2 Å². The molecule has 1 aliphatic rings. The van der Waals surface area contributed by atoms with Crippen molar-refractivity contribution in [3.05, 3.63) is 52.1 Å². The zero-order valence-electron chi connectivity index (χ0n) is 16.8. The van der Waals surface area contributed by atoms with Gasteiger partial charge in [-0.15, -0.1) is 0 Å². The number of aromatic nitrogens is 2. The van der Waals surface area contributed by atoms with Crippen molar-refractivity contribution in [2.45, 2.75) is 64.8 Å². The van der Waals surface area contributed by atoms with Crippen molar-refractivity contribution in [3.63, 3.8) is 0 Å². The maximum Gasteiger partial charge on any atom is 0.417 e. The molecule has 0 bridgehead atoms. The fraction of sp³-hybridized carbons (Fsp3) is 0.524. The van der Waals surface area contributed by atoms with Crippen molar-refractivity contribution < 1.29 is 28.2 Å². The molecule has 0 saturated heterocycles. The van der Waals surface area contributed by atoms with Crippen LogP contribution in [-0.2, 0) is 18.1 Å². The smallest absolute Gasteiger partial charge is 0.417 e. The molecule has 5 nitrogen and oxygen atoms in total. The average Bonchev–Trinajstić information content (AvgIpc) is 3.37. The lowest BCUT2D eigenvalue weighted by atomic mass is 9.93. The van der Waals surface area contributed by atoms with Gasteiger partial charge in [0.1, 0.15) is 5.82 Å². The fourth-order valence-corrected chi connectivity index (χ4v) is 3.68. The monoisotopic (exact) mass is 410 g/mol. The van der Waals surface area contributed by atoms with E-state index in [0.717, 1.165) is 0 Å². The van der Waals surface area contributed by atoms with Gasteiger partial charge in [-0.25, -0.2) is 9.78 Å². The molecule has 2 aromatic rings. The molecule has 2 N–H and O–H groups in total. The van der Waals surface area contributed by atoms with Gasteiger partial charge in [0, 0.05) is 17.7 Å². The lowest BCUT2D eigenvalue weighted by Crippen LogP contribution is -2.22. The number of carboxylic acid groups (broad SMARTS) is 1. The van der Waals surface area contributed by atoms with Crippen LogP contribution < -0.4 is 0 Å². The fourth-order valence-electron chi connectivity index (χ4n) is 3.68. The summed E-state index contributed by atoms with van der Waals surface area (Å²) >= 11 is 0. The molecule has 1 heterocycles. The number of carbonyl (C=O) groups is 1. The van der Waals surface area contributed by atoms with Crippen LogP contribution in [0.15, 0.2) is 18.2 Å². The summed E-state index contributed by atoms with van der Waals surface area (Å²) in [6, 6.07) is 4.20. The van der Waals surface area contributed by atoms with E-state index in [1.54, 1.807) is 6.92 Å². The van der Waals surface area contributed by atoms with Gasteiger partial charge in [0.2, 0.25) is 0 Å². The van der Waals surface area contributed by atoms with Gasteiger partial charge in [-0.05, 0) is 36.8 Å². The number of hydrogen-bond donors (Lipinski definition) is 2. The second-order valence-electron chi connectivity index (χ2n) is 8.67. The summed E-state index contributed by atoms with van der Waals surface area (Å²) in [5, 5.41) is 19.8. The Morgan fingerprint density at radius 3 is 2.38 bits per heavy atom. The summed E-state index contributed by atoms with van der Waals surface area (Å²) in [6.07, 6.45) is -4.39. The molecule has 8 heteroatoms. The van der Waals surface area contributed by atoms with Gasteiger partial charge >= 0.3 is 12.1 Å². The Labute approximate surface area is 167 Å². The summed E-state index contributed by atoms with van der Waals surface area (Å²) in [6.45, 7) is 6.85. The normalized spacial score (nSPS) is 16.1. The first-order valence-corrected chi connectivity index (χ1v) is 9.50. The lowest BCUT2D eigenvalue weighted by Gasteiger charge is -2.24. The average molecular weight is 410 g/mol. The first-order chi connectivity index (χ1) is 13.3. The number of aromatic carboxylic acids is 1. The quantitative estimate of drug-likeness (QED) is 0.749. The van der Waals surface area contributed by atoms with Gasteiger partial charge in [0.05, 0.1) is 11.7 Å². The Balaban J connectivity index is 2.16. The third-order valence-corrected chi connectivity index (χ3v) is 5.28. The van der Waals surface area contributed by atoms with Crippen LogP contribution in [0.5, 0.6) is 0 Å². The Morgan fingerprint density at radius 2 is 1.90 bits per heavy atom. The highest BCUT2D eigenvalue weighted by Crippen LogP contribution is 2.46. The largest absolute Gasteiger partial charge is 0.476 e. The molecule has 0 radical (unpaired) electrons. The maximum absolute atomic E-state index is 14.0. The van der Waals surface area contributed by atoms with Crippen molar-refractivity contribution in [1.82, 2.24) is 9.55 Å². The Hall–Kier alpha value is -2.35. The number of hydrogen-bond acceptors (Lipinski definition) is 3. The number of benzene rings is 1. The molecular formula is C21H25F3N2O3. The van der Waals surface area contributed by atoms with E-state index >= 15 is 0 Å². The molecule has 1 aromatic carbocycles. The molecule has 0 amide bonds. The van der Waals surface area contributed by atoms with Crippen LogP contribution in [0.3, 0.4) is 0 Å². The molecule has 1 saturated carbocycles. The van der Waals surface area contributed by atoms with E-state index in [-0.39, 0.29) is 29.3 Å². The Bertz CT molecular complexity index is 938. The van der Waals surface area contributed by atoms with E-state index in [2.05, 4.69) is 4.98 Å². The van der Waals surface area contributed by atoms with Gasteiger partial charge in [-0.2, -0.15) is 13.2 Å². The molecule has 1 aliphatic carbocycles. The minimum atomic E-state index is -4.65. The van der Waals surface area contributed by atoms with Crippen LogP contribution in [0, 0.1) is 12.8 Å². The molecule has 1 fully saturated rings. The topological polar surface area (TPSA) is 75.3 Å². The molecule has 158 valence electrons. The van der Waals surface area contributed by atoms with Crippen LogP contribution in [0.4, 0.5) is 13.2 Å². The van der Waals surface area contributed by atoms with Crippen molar-refractivity contribution in [1.29, 1.82) is 0 Å². The SMILES string of the molecule is Cc1c(C(=O)O)nc(C(C)(C)C)n1Cc1cccc(C(O)C2CC2)c1C(F)(F)F. The molecule has 0 spiro atoms. The third kappa shape index (κ3) is 4.17. The van der Waals surface area contributed by atoms with Crippen LogP contribution in [0.1, 0.15) is 78.4 Å². The van der Waals surface area contributed by atoms with Crippen LogP contribution >= 0.6 is 0 Å². The van der Waals surface area contributed by atoms with Crippen molar-refractivity contribution >= 4 is 5.97 Å². The number of rotatable bonds is 5. The van der Waals surface area contributed by atoms with Gasteiger partial charge in [0.25, 0.3) is 0 Å². The Morgan fingerprint density at radius 1 is 1.28 bits per heavy atom. The van der Waals surface area contributed by atoms with E-state index in [0.29, 0.717) is 24.4 Å². The highest BCUT2D eigenvalue weighted by molar-refractivity contribution is 5.86. The summed E-state index contributed by atoms with van der Waals surface area (Å²) in [5.41, 5.74) is -1.42. The van der Waals surface area contributed by atoms with Gasteiger partial charge in [-0.1, -0.05) is 39.0 Å². The highest BCUT2D eigenvalue weighted by Gasteiger charge is 2.41. The molecular weight excluding hydrogens is 385 g/mol. The number of alkyl halides is 3. The maximum atomic E-state index is 14.0. The van der Waals surface area contributed by atoms with Gasteiger partial charge in [0.15, 0.2) is 5.69 Å². The minimum absolute atomic E-state index is 0.0161. The number of halogens is 3. The first kappa shape index (κ1) is 21.4. The third-order valence-electron chi connectivity index (χ3n) is 5.28. The summed E-state index contributed by atoms with van der Waals surface area (Å²) in [5.74, 6) is -0.973. The van der Waals surface area contributed by atoms with E-state index in [4.69, 9.17) is 0 Å². The van der Waals surface area contributed by atoms with E-state index in [9.17, 15) is 28.2 Å². The number of imidazole rings is 1. The summed E-state index contributed by atoms with van der Waals surface area (Å²) in [7, 11) is 0. The molecule has 1 atom stereocenters. The van der Waals surface area contributed by atoms with Gasteiger partial charge < -0.3 is 14.8 Å². The lowest BCUT2D eigenvalue weighted by molar-refractivity contribution is -0.140. The molecule has 0 aliphatic heterocycles. The predicted octanol–water partition coefficient (Wildman–Crippen LogP) is 4.70. The zero-order chi connectivity index (χ0) is 21.7. The van der Waals surface area contributed by atoms with Crippen LogP contribution in [0.25, 0.3) is 0 Å². The number of aliphatic hydroxyl groups excluding tert-OH is 1. The second-order valence-corrected chi connectivity index (χ2v) is 8.67. The molecule has 3 rings (SSSR count). The van der Waals surface area contributed by atoms with Gasteiger partial charge in [-0.3, -0.25) is 0 Å². The second kappa shape index (κ2) is 7.16. The molecule has 1 unspecified atom stereocenters. The zero-order valence-corrected chi connectivity index (χ0v) is 16.8. The summed E-state index contributed by atoms with van der Waals surface area (Å²) in [4.78, 5) is 15.7. The standard InChI is InChI=1S/C21H25F3N2O3/c1-11-16(18(28)29)25-19(20(2,3)4)26(11)10-13-6-5-7-14(15(13)21(22,23)24)17(27)12-8-9-12/h5-7,12,17,27H,8-10H2,1-4H3,(H,28,29). The van der Waals surface area contributed by atoms with Crippen molar-refractivity contribution in [2.75, 3.05) is 0 Å². The highest BCUT2D eigenvalue weighted by atomic mass is 19.4. The number of nitrogens with zero attached hydrogens (tertiary/aromatic N) is 2.